The van der Waals surface area contributed by atoms with Crippen LogP contribution in [0.4, 0.5) is 17.5 Å². The summed E-state index contributed by atoms with van der Waals surface area (Å²) in [6.07, 6.45) is 3.52. The van der Waals surface area contributed by atoms with Gasteiger partial charge in [0.1, 0.15) is 17.4 Å². The Morgan fingerprint density at radius 3 is 2.68 bits per heavy atom. The smallest absolute Gasteiger partial charge is 0.254 e. The lowest BCUT2D eigenvalue weighted by Crippen LogP contribution is -2.37. The number of aromatic amines is 1. The molecule has 146 valence electrons. The maximum absolute atomic E-state index is 11.8. The molecule has 0 aliphatic rings. The summed E-state index contributed by atoms with van der Waals surface area (Å²) in [4.78, 5) is 31.9. The molecule has 0 saturated carbocycles. The molecule has 0 radical (unpaired) electrons. The summed E-state index contributed by atoms with van der Waals surface area (Å²) in [6, 6.07) is 4.88. The van der Waals surface area contributed by atoms with Gasteiger partial charge in [0, 0.05) is 17.3 Å². The number of carbonyl (C=O) groups excluding carboxylic acids is 2. The second kappa shape index (κ2) is 7.91. The zero-order valence-electron chi connectivity index (χ0n) is 15.6. The van der Waals surface area contributed by atoms with E-state index in [0.29, 0.717) is 12.1 Å². The predicted octanol–water partition coefficient (Wildman–Crippen LogP) is 1.51. The SMILES string of the molecule is CC(C)CC(Nc1ncc(C(N)=O)c(Nc2ccc3[nH]ncc3c2)n1)C(N)=O. The van der Waals surface area contributed by atoms with Gasteiger partial charge in [-0.2, -0.15) is 10.1 Å². The molecule has 0 bridgehead atoms. The average molecular weight is 382 g/mol. The molecule has 2 heterocycles. The van der Waals surface area contributed by atoms with Crippen LogP contribution in [0.2, 0.25) is 0 Å². The fraction of sp³-hybridized carbons (Fsp3) is 0.278. The minimum Gasteiger partial charge on any atom is -0.368 e. The number of aromatic nitrogens is 4. The van der Waals surface area contributed by atoms with Crippen LogP contribution in [0.1, 0.15) is 30.6 Å². The summed E-state index contributed by atoms with van der Waals surface area (Å²) in [6.45, 7) is 3.96. The van der Waals surface area contributed by atoms with E-state index in [-0.39, 0.29) is 23.2 Å². The van der Waals surface area contributed by atoms with Crippen LogP contribution in [0.25, 0.3) is 10.9 Å². The summed E-state index contributed by atoms with van der Waals surface area (Å²) in [5.41, 5.74) is 12.6. The topological polar surface area (TPSA) is 165 Å². The molecule has 0 fully saturated rings. The number of rotatable bonds is 8. The van der Waals surface area contributed by atoms with Gasteiger partial charge in [0.05, 0.1) is 11.7 Å². The van der Waals surface area contributed by atoms with E-state index in [4.69, 9.17) is 11.5 Å². The molecule has 3 rings (SSSR count). The summed E-state index contributed by atoms with van der Waals surface area (Å²) < 4.78 is 0. The quantitative estimate of drug-likeness (QED) is 0.394. The van der Waals surface area contributed by atoms with Gasteiger partial charge in [0.15, 0.2) is 0 Å². The highest BCUT2D eigenvalue weighted by Crippen LogP contribution is 2.23. The number of carbonyl (C=O) groups is 2. The zero-order valence-corrected chi connectivity index (χ0v) is 15.6. The number of fused-ring (bicyclic) bond motifs is 1. The van der Waals surface area contributed by atoms with Gasteiger partial charge < -0.3 is 22.1 Å². The summed E-state index contributed by atoms with van der Waals surface area (Å²) in [5.74, 6) is -0.542. The van der Waals surface area contributed by atoms with Gasteiger partial charge >= 0.3 is 0 Å². The third kappa shape index (κ3) is 4.34. The van der Waals surface area contributed by atoms with Gasteiger partial charge in [-0.15, -0.1) is 0 Å². The maximum Gasteiger partial charge on any atom is 0.254 e. The van der Waals surface area contributed by atoms with Crippen molar-refractivity contribution < 1.29 is 9.59 Å². The van der Waals surface area contributed by atoms with Crippen LogP contribution < -0.4 is 22.1 Å². The highest BCUT2D eigenvalue weighted by Gasteiger charge is 2.19. The number of amides is 2. The molecule has 2 amide bonds. The Balaban J connectivity index is 1.90. The molecule has 1 aromatic carbocycles. The van der Waals surface area contributed by atoms with Gasteiger partial charge in [-0.3, -0.25) is 14.7 Å². The van der Waals surface area contributed by atoms with E-state index in [9.17, 15) is 9.59 Å². The van der Waals surface area contributed by atoms with Gasteiger partial charge in [-0.25, -0.2) is 4.98 Å². The van der Waals surface area contributed by atoms with Crippen molar-refractivity contribution in [3.05, 3.63) is 36.2 Å². The van der Waals surface area contributed by atoms with Crippen molar-refractivity contribution >= 4 is 40.2 Å². The molecular formula is C18H22N8O2. The molecule has 3 aromatic rings. The number of primary amides is 2. The van der Waals surface area contributed by atoms with Gasteiger partial charge in [0.2, 0.25) is 11.9 Å². The Hall–Kier alpha value is -3.69. The molecule has 2 aromatic heterocycles. The Labute approximate surface area is 161 Å². The van der Waals surface area contributed by atoms with E-state index >= 15 is 0 Å². The van der Waals surface area contributed by atoms with E-state index in [1.54, 1.807) is 6.20 Å². The average Bonchev–Trinajstić information content (AvgIpc) is 3.08. The fourth-order valence-electron chi connectivity index (χ4n) is 2.76. The minimum absolute atomic E-state index is 0.123. The molecule has 0 aliphatic heterocycles. The molecule has 1 atom stereocenters. The number of anilines is 3. The number of nitrogens with one attached hydrogen (secondary N) is 3. The lowest BCUT2D eigenvalue weighted by atomic mass is 10.0. The molecular weight excluding hydrogens is 360 g/mol. The van der Waals surface area contributed by atoms with Crippen LogP contribution >= 0.6 is 0 Å². The van der Waals surface area contributed by atoms with Crippen molar-refractivity contribution in [2.45, 2.75) is 26.3 Å². The number of nitrogens with zero attached hydrogens (tertiary/aromatic N) is 3. The monoisotopic (exact) mass is 382 g/mol. The van der Waals surface area contributed by atoms with Crippen LogP contribution in [0.5, 0.6) is 0 Å². The van der Waals surface area contributed by atoms with Crippen LogP contribution in [0.15, 0.2) is 30.6 Å². The largest absolute Gasteiger partial charge is 0.368 e. The highest BCUT2D eigenvalue weighted by atomic mass is 16.1. The van der Waals surface area contributed by atoms with Crippen LogP contribution in [-0.2, 0) is 4.79 Å². The first kappa shape index (κ1) is 19.1. The molecule has 0 saturated heterocycles. The van der Waals surface area contributed by atoms with E-state index in [2.05, 4.69) is 30.8 Å². The molecule has 7 N–H and O–H groups in total. The zero-order chi connectivity index (χ0) is 20.3. The standard InChI is InChI=1S/C18H22N8O2/c1-9(2)5-14(16(20)28)24-18-21-8-12(15(19)27)17(25-18)23-11-3-4-13-10(6-11)7-22-26-13/h3-4,6-9,14H,5H2,1-2H3,(H2,19,27)(H2,20,28)(H,22,26)(H2,21,23,24,25). The van der Waals surface area contributed by atoms with Crippen molar-refractivity contribution in [1.82, 2.24) is 20.2 Å². The van der Waals surface area contributed by atoms with E-state index < -0.39 is 17.9 Å². The van der Waals surface area contributed by atoms with E-state index in [1.165, 1.54) is 6.20 Å². The van der Waals surface area contributed by atoms with Crippen molar-refractivity contribution in [3.8, 4) is 0 Å². The maximum atomic E-state index is 11.8. The Kier molecular flexibility index (Phi) is 5.39. The first-order valence-electron chi connectivity index (χ1n) is 8.76. The number of nitrogens with two attached hydrogens (primary N) is 2. The molecule has 0 spiro atoms. The van der Waals surface area contributed by atoms with Gasteiger partial charge in [-0.1, -0.05) is 13.8 Å². The minimum atomic E-state index is -0.674. The Morgan fingerprint density at radius 1 is 1.21 bits per heavy atom. The second-order valence-corrected chi connectivity index (χ2v) is 6.85. The van der Waals surface area contributed by atoms with Crippen molar-refractivity contribution in [2.24, 2.45) is 17.4 Å². The number of H-pyrrole nitrogens is 1. The van der Waals surface area contributed by atoms with Gasteiger partial charge in [0.25, 0.3) is 5.91 Å². The lowest BCUT2D eigenvalue weighted by Gasteiger charge is -2.18. The summed E-state index contributed by atoms with van der Waals surface area (Å²) in [5, 5.41) is 13.7. The molecule has 1 unspecified atom stereocenters. The second-order valence-electron chi connectivity index (χ2n) is 6.85. The Morgan fingerprint density at radius 2 is 2.00 bits per heavy atom. The Bertz CT molecular complexity index is 1010. The molecule has 10 nitrogen and oxygen atoms in total. The number of benzene rings is 1. The van der Waals surface area contributed by atoms with Crippen LogP contribution in [-0.4, -0.2) is 38.0 Å². The molecule has 0 aliphatic carbocycles. The third-order valence-electron chi connectivity index (χ3n) is 4.11. The molecule has 10 heteroatoms. The van der Waals surface area contributed by atoms with Crippen LogP contribution in [0, 0.1) is 5.92 Å². The summed E-state index contributed by atoms with van der Waals surface area (Å²) in [7, 11) is 0. The number of hydrogen-bond donors (Lipinski definition) is 5. The lowest BCUT2D eigenvalue weighted by molar-refractivity contribution is -0.119. The van der Waals surface area contributed by atoms with Crippen molar-refractivity contribution in [1.29, 1.82) is 0 Å². The number of hydrogen-bond acceptors (Lipinski definition) is 7. The first-order chi connectivity index (χ1) is 13.3. The normalized spacial score (nSPS) is 12.1. The van der Waals surface area contributed by atoms with Crippen molar-refractivity contribution in [2.75, 3.05) is 10.6 Å². The predicted molar refractivity (Wildman–Crippen MR) is 106 cm³/mol. The van der Waals surface area contributed by atoms with Crippen molar-refractivity contribution in [3.63, 3.8) is 0 Å². The summed E-state index contributed by atoms with van der Waals surface area (Å²) >= 11 is 0. The van der Waals surface area contributed by atoms with Gasteiger partial charge in [-0.05, 0) is 30.5 Å². The van der Waals surface area contributed by atoms with E-state index in [0.717, 1.165) is 10.9 Å². The fourth-order valence-corrected chi connectivity index (χ4v) is 2.76. The molecule has 28 heavy (non-hydrogen) atoms. The third-order valence-corrected chi connectivity index (χ3v) is 4.11. The van der Waals surface area contributed by atoms with Crippen LogP contribution in [0.3, 0.4) is 0 Å². The highest BCUT2D eigenvalue weighted by molar-refractivity contribution is 5.98. The first-order valence-corrected chi connectivity index (χ1v) is 8.76. The van der Waals surface area contributed by atoms with E-state index in [1.807, 2.05) is 32.0 Å².